The van der Waals surface area contributed by atoms with Crippen molar-refractivity contribution in [2.75, 3.05) is 26.4 Å². The first kappa shape index (κ1) is 16.3. The van der Waals surface area contributed by atoms with Crippen LogP contribution in [-0.4, -0.2) is 38.5 Å². The van der Waals surface area contributed by atoms with Gasteiger partial charge in [0.25, 0.3) is 0 Å². The summed E-state index contributed by atoms with van der Waals surface area (Å²) < 4.78 is 11.5. The molecule has 118 valence electrons. The van der Waals surface area contributed by atoms with Gasteiger partial charge in [-0.2, -0.15) is 0 Å². The highest BCUT2D eigenvalue weighted by atomic mass is 16.5. The van der Waals surface area contributed by atoms with E-state index >= 15 is 0 Å². The zero-order valence-electron chi connectivity index (χ0n) is 14.0. The zero-order valence-corrected chi connectivity index (χ0v) is 14.0. The molecular weight excluding hydrogens is 250 g/mol. The summed E-state index contributed by atoms with van der Waals surface area (Å²) in [4.78, 5) is 0. The molecule has 1 aliphatic carbocycles. The summed E-state index contributed by atoms with van der Waals surface area (Å²) in [6.07, 6.45) is 3.94. The summed E-state index contributed by atoms with van der Waals surface area (Å²) in [5, 5.41) is 3.80. The molecule has 0 spiro atoms. The molecular formula is C17H33NO2. The first-order valence-corrected chi connectivity index (χ1v) is 8.26. The molecule has 0 bridgehead atoms. The molecule has 20 heavy (non-hydrogen) atoms. The molecule has 0 amide bonds. The molecule has 2 atom stereocenters. The van der Waals surface area contributed by atoms with Crippen molar-refractivity contribution in [2.24, 2.45) is 16.7 Å². The van der Waals surface area contributed by atoms with E-state index < -0.39 is 0 Å². The lowest BCUT2D eigenvalue weighted by atomic mass is 9.64. The fraction of sp³-hybridized carbons (Fsp3) is 1.00. The lowest BCUT2D eigenvalue weighted by Crippen LogP contribution is -2.62. The van der Waals surface area contributed by atoms with Crippen LogP contribution >= 0.6 is 0 Å². The van der Waals surface area contributed by atoms with Crippen molar-refractivity contribution in [3.63, 3.8) is 0 Å². The molecule has 1 aliphatic heterocycles. The van der Waals surface area contributed by atoms with Crippen molar-refractivity contribution in [1.29, 1.82) is 0 Å². The van der Waals surface area contributed by atoms with Crippen LogP contribution in [0.4, 0.5) is 0 Å². The molecule has 1 N–H and O–H groups in total. The van der Waals surface area contributed by atoms with E-state index in [1.807, 2.05) is 0 Å². The van der Waals surface area contributed by atoms with Crippen LogP contribution in [-0.2, 0) is 9.47 Å². The number of ether oxygens (including phenoxy) is 2. The Hall–Kier alpha value is -0.120. The van der Waals surface area contributed by atoms with Gasteiger partial charge in [0.15, 0.2) is 0 Å². The minimum absolute atomic E-state index is 0.260. The van der Waals surface area contributed by atoms with Crippen molar-refractivity contribution in [3.8, 4) is 0 Å². The van der Waals surface area contributed by atoms with Crippen LogP contribution in [0, 0.1) is 16.7 Å². The average molecular weight is 283 g/mol. The Labute approximate surface area is 124 Å². The molecule has 2 unspecified atom stereocenters. The molecule has 2 rings (SSSR count). The molecule has 1 saturated carbocycles. The van der Waals surface area contributed by atoms with Gasteiger partial charge in [0, 0.05) is 37.8 Å². The van der Waals surface area contributed by atoms with Gasteiger partial charge in [-0.05, 0) is 30.6 Å². The van der Waals surface area contributed by atoms with Crippen LogP contribution in [0.15, 0.2) is 0 Å². The van der Waals surface area contributed by atoms with Crippen LogP contribution in [0.2, 0.25) is 0 Å². The van der Waals surface area contributed by atoms with E-state index in [-0.39, 0.29) is 5.41 Å². The lowest BCUT2D eigenvalue weighted by molar-refractivity contribution is -0.126. The van der Waals surface area contributed by atoms with Gasteiger partial charge in [0.1, 0.15) is 0 Å². The summed E-state index contributed by atoms with van der Waals surface area (Å²) in [6, 6.07) is 0.597. The normalized spacial score (nSPS) is 32.1. The minimum Gasteiger partial charge on any atom is -0.381 e. The van der Waals surface area contributed by atoms with E-state index in [4.69, 9.17) is 9.47 Å². The average Bonchev–Trinajstić information content (AvgIpc) is 2.37. The van der Waals surface area contributed by atoms with Crippen molar-refractivity contribution < 1.29 is 9.47 Å². The SMILES string of the molecule is CC(C)COC1CC(NCC2(C)CCOCC2)C1(C)C. The molecule has 1 heterocycles. The Morgan fingerprint density at radius 2 is 1.85 bits per heavy atom. The Morgan fingerprint density at radius 3 is 2.40 bits per heavy atom. The molecule has 1 saturated heterocycles. The number of nitrogens with one attached hydrogen (secondary N) is 1. The van der Waals surface area contributed by atoms with E-state index in [0.717, 1.165) is 32.8 Å². The molecule has 0 aromatic rings. The Kier molecular flexibility index (Phi) is 5.14. The molecule has 3 nitrogen and oxygen atoms in total. The predicted octanol–water partition coefficient (Wildman–Crippen LogP) is 3.23. The third-order valence-corrected chi connectivity index (χ3v) is 5.28. The summed E-state index contributed by atoms with van der Waals surface area (Å²) in [5.74, 6) is 0.624. The standard InChI is InChI=1S/C17H33NO2/c1-13(2)11-20-15-10-14(16(15,3)4)18-12-17(5)6-8-19-9-7-17/h13-15,18H,6-12H2,1-5H3. The largest absolute Gasteiger partial charge is 0.381 e. The quantitative estimate of drug-likeness (QED) is 0.812. The third-order valence-electron chi connectivity index (χ3n) is 5.28. The first-order chi connectivity index (χ1) is 9.33. The van der Waals surface area contributed by atoms with Gasteiger partial charge >= 0.3 is 0 Å². The minimum atomic E-state index is 0.260. The number of hydrogen-bond donors (Lipinski definition) is 1. The van der Waals surface area contributed by atoms with Crippen molar-refractivity contribution in [1.82, 2.24) is 5.32 Å². The van der Waals surface area contributed by atoms with Gasteiger partial charge < -0.3 is 14.8 Å². The predicted molar refractivity (Wildman–Crippen MR) is 82.9 cm³/mol. The highest BCUT2D eigenvalue weighted by Crippen LogP contribution is 2.43. The molecule has 2 aliphatic rings. The number of rotatable bonds is 6. The summed E-state index contributed by atoms with van der Waals surface area (Å²) in [5.41, 5.74) is 0.675. The van der Waals surface area contributed by atoms with Crippen LogP contribution in [0.25, 0.3) is 0 Å². The lowest BCUT2D eigenvalue weighted by Gasteiger charge is -2.53. The maximum absolute atomic E-state index is 6.04. The topological polar surface area (TPSA) is 30.5 Å². The van der Waals surface area contributed by atoms with E-state index in [1.165, 1.54) is 12.8 Å². The summed E-state index contributed by atoms with van der Waals surface area (Å²) in [6.45, 7) is 15.3. The maximum Gasteiger partial charge on any atom is 0.0656 e. The van der Waals surface area contributed by atoms with Crippen molar-refractivity contribution in [2.45, 2.75) is 66.0 Å². The summed E-state index contributed by atoms with van der Waals surface area (Å²) >= 11 is 0. The second kappa shape index (κ2) is 6.33. The van der Waals surface area contributed by atoms with Crippen molar-refractivity contribution in [3.05, 3.63) is 0 Å². The van der Waals surface area contributed by atoms with Gasteiger partial charge in [-0.3, -0.25) is 0 Å². The smallest absolute Gasteiger partial charge is 0.0656 e. The Bertz CT molecular complexity index is 308. The van der Waals surface area contributed by atoms with Gasteiger partial charge in [0.2, 0.25) is 0 Å². The fourth-order valence-corrected chi connectivity index (χ4v) is 3.23. The Balaban J connectivity index is 1.75. The molecule has 2 fully saturated rings. The van der Waals surface area contributed by atoms with E-state index in [9.17, 15) is 0 Å². The number of hydrogen-bond acceptors (Lipinski definition) is 3. The van der Waals surface area contributed by atoms with E-state index in [2.05, 4.69) is 39.9 Å². The molecule has 3 heteroatoms. The highest BCUT2D eigenvalue weighted by molar-refractivity contribution is 5.03. The summed E-state index contributed by atoms with van der Waals surface area (Å²) in [7, 11) is 0. The second-order valence-corrected chi connectivity index (χ2v) is 8.13. The first-order valence-electron chi connectivity index (χ1n) is 8.26. The van der Waals surface area contributed by atoms with E-state index in [0.29, 0.717) is 23.5 Å². The third kappa shape index (κ3) is 3.75. The van der Waals surface area contributed by atoms with Gasteiger partial charge in [-0.15, -0.1) is 0 Å². The van der Waals surface area contributed by atoms with Gasteiger partial charge in [0.05, 0.1) is 6.10 Å². The fourth-order valence-electron chi connectivity index (χ4n) is 3.23. The van der Waals surface area contributed by atoms with Crippen LogP contribution in [0.5, 0.6) is 0 Å². The zero-order chi connectivity index (χ0) is 14.8. The van der Waals surface area contributed by atoms with Crippen LogP contribution in [0.3, 0.4) is 0 Å². The molecule has 0 aromatic heterocycles. The second-order valence-electron chi connectivity index (χ2n) is 8.13. The van der Waals surface area contributed by atoms with Gasteiger partial charge in [-0.1, -0.05) is 34.6 Å². The highest BCUT2D eigenvalue weighted by Gasteiger charge is 2.49. The van der Waals surface area contributed by atoms with Crippen LogP contribution in [0.1, 0.15) is 53.9 Å². The van der Waals surface area contributed by atoms with Crippen LogP contribution < -0.4 is 5.32 Å². The van der Waals surface area contributed by atoms with Crippen molar-refractivity contribution >= 4 is 0 Å². The molecule has 0 aromatic carbocycles. The Morgan fingerprint density at radius 1 is 1.20 bits per heavy atom. The monoisotopic (exact) mass is 283 g/mol. The van der Waals surface area contributed by atoms with Gasteiger partial charge in [-0.25, -0.2) is 0 Å². The molecule has 0 radical (unpaired) electrons. The van der Waals surface area contributed by atoms with E-state index in [1.54, 1.807) is 0 Å². The maximum atomic E-state index is 6.04.